The monoisotopic (exact) mass is 408 g/mol. The van der Waals surface area contributed by atoms with Crippen LogP contribution in [0.3, 0.4) is 0 Å². The highest BCUT2D eigenvalue weighted by Crippen LogP contribution is 2.19. The van der Waals surface area contributed by atoms with Crippen LogP contribution in [0.25, 0.3) is 0 Å². The second-order valence-electron chi connectivity index (χ2n) is 8.16. The first-order valence-electron chi connectivity index (χ1n) is 10.7. The summed E-state index contributed by atoms with van der Waals surface area (Å²) < 4.78 is 5.75. The number of benzene rings is 2. The van der Waals surface area contributed by atoms with Crippen molar-refractivity contribution in [2.45, 2.75) is 40.0 Å². The lowest BCUT2D eigenvalue weighted by molar-refractivity contribution is -0.134. The van der Waals surface area contributed by atoms with Gasteiger partial charge in [-0.2, -0.15) is 0 Å². The molecule has 1 heterocycles. The normalized spacial score (nSPS) is 14.4. The van der Waals surface area contributed by atoms with Gasteiger partial charge < -0.3 is 14.5 Å². The molecular formula is C25H32N2O3. The number of aryl methyl sites for hydroxylation is 4. The van der Waals surface area contributed by atoms with Crippen molar-refractivity contribution in [3.05, 3.63) is 64.7 Å². The van der Waals surface area contributed by atoms with Crippen molar-refractivity contribution in [1.82, 2.24) is 9.80 Å². The Hall–Kier alpha value is -2.82. The van der Waals surface area contributed by atoms with Crippen molar-refractivity contribution in [1.29, 1.82) is 0 Å². The molecule has 1 fully saturated rings. The van der Waals surface area contributed by atoms with Crippen LogP contribution >= 0.6 is 0 Å². The molecule has 0 unspecified atom stereocenters. The quantitative estimate of drug-likeness (QED) is 0.733. The van der Waals surface area contributed by atoms with E-state index >= 15 is 0 Å². The minimum Gasteiger partial charge on any atom is -0.484 e. The molecule has 1 aliphatic heterocycles. The number of rotatable bonds is 6. The average Bonchev–Trinajstić information content (AvgIpc) is 2.99. The molecule has 3 rings (SSSR count). The Kier molecular flexibility index (Phi) is 7.50. The summed E-state index contributed by atoms with van der Waals surface area (Å²) in [4.78, 5) is 29.0. The molecule has 0 bridgehead atoms. The van der Waals surface area contributed by atoms with E-state index < -0.39 is 0 Å². The lowest BCUT2D eigenvalue weighted by Gasteiger charge is -2.22. The van der Waals surface area contributed by atoms with Crippen LogP contribution in [-0.4, -0.2) is 54.4 Å². The number of amides is 2. The highest BCUT2D eigenvalue weighted by molar-refractivity contribution is 5.79. The first kappa shape index (κ1) is 21.9. The third-order valence-electron chi connectivity index (χ3n) is 5.63. The Morgan fingerprint density at radius 3 is 2.13 bits per heavy atom. The van der Waals surface area contributed by atoms with Crippen LogP contribution in [0.5, 0.6) is 5.75 Å². The van der Waals surface area contributed by atoms with Gasteiger partial charge in [0, 0.05) is 32.6 Å². The van der Waals surface area contributed by atoms with E-state index in [9.17, 15) is 9.59 Å². The number of ether oxygens (including phenoxy) is 1. The average molecular weight is 409 g/mol. The zero-order valence-electron chi connectivity index (χ0n) is 18.3. The van der Waals surface area contributed by atoms with Crippen LogP contribution in [0.1, 0.15) is 35.1 Å². The zero-order chi connectivity index (χ0) is 21.5. The molecule has 0 spiro atoms. The van der Waals surface area contributed by atoms with E-state index in [2.05, 4.69) is 31.2 Å². The largest absolute Gasteiger partial charge is 0.484 e. The minimum absolute atomic E-state index is 0.0241. The molecule has 1 aliphatic rings. The van der Waals surface area contributed by atoms with Crippen LogP contribution in [0.2, 0.25) is 0 Å². The Morgan fingerprint density at radius 2 is 1.47 bits per heavy atom. The summed E-state index contributed by atoms with van der Waals surface area (Å²) in [6.07, 6.45) is 2.06. The van der Waals surface area contributed by atoms with Crippen molar-refractivity contribution in [2.24, 2.45) is 0 Å². The Labute approximate surface area is 179 Å². The van der Waals surface area contributed by atoms with Gasteiger partial charge in [0.1, 0.15) is 5.75 Å². The minimum atomic E-state index is -0.0241. The van der Waals surface area contributed by atoms with E-state index in [4.69, 9.17) is 4.74 Å². The maximum absolute atomic E-state index is 12.6. The fraction of sp³-hybridized carbons (Fsp3) is 0.440. The topological polar surface area (TPSA) is 49.9 Å². The summed E-state index contributed by atoms with van der Waals surface area (Å²) >= 11 is 0. The van der Waals surface area contributed by atoms with Gasteiger partial charge in [0.25, 0.3) is 5.91 Å². The van der Waals surface area contributed by atoms with Crippen molar-refractivity contribution < 1.29 is 14.3 Å². The number of hydrogen-bond acceptors (Lipinski definition) is 3. The molecule has 2 amide bonds. The van der Waals surface area contributed by atoms with Crippen LogP contribution < -0.4 is 4.74 Å². The maximum Gasteiger partial charge on any atom is 0.260 e. The number of nitrogens with zero attached hydrogens (tertiary/aromatic N) is 2. The second kappa shape index (κ2) is 10.3. The summed E-state index contributed by atoms with van der Waals surface area (Å²) in [5.74, 6) is 0.886. The predicted molar refractivity (Wildman–Crippen MR) is 119 cm³/mol. The van der Waals surface area contributed by atoms with Crippen LogP contribution in [0.15, 0.2) is 42.5 Å². The summed E-state index contributed by atoms with van der Waals surface area (Å²) in [5.41, 5.74) is 4.61. The Morgan fingerprint density at radius 1 is 0.833 bits per heavy atom. The molecule has 2 aromatic carbocycles. The van der Waals surface area contributed by atoms with Crippen LogP contribution in [0, 0.1) is 20.8 Å². The summed E-state index contributed by atoms with van der Waals surface area (Å²) in [6.45, 7) is 8.63. The molecule has 1 saturated heterocycles. The molecule has 0 aromatic heterocycles. The van der Waals surface area contributed by atoms with Gasteiger partial charge in [-0.05, 0) is 50.8 Å². The molecule has 160 valence electrons. The first-order valence-corrected chi connectivity index (χ1v) is 10.7. The van der Waals surface area contributed by atoms with E-state index in [1.807, 2.05) is 41.8 Å². The second-order valence-corrected chi connectivity index (χ2v) is 8.16. The van der Waals surface area contributed by atoms with Gasteiger partial charge in [0.2, 0.25) is 5.91 Å². The fourth-order valence-corrected chi connectivity index (χ4v) is 3.77. The Balaban J connectivity index is 1.45. The summed E-state index contributed by atoms with van der Waals surface area (Å²) in [5, 5.41) is 0. The first-order chi connectivity index (χ1) is 14.4. The third kappa shape index (κ3) is 6.09. The van der Waals surface area contributed by atoms with E-state index in [0.29, 0.717) is 32.6 Å². The van der Waals surface area contributed by atoms with E-state index in [-0.39, 0.29) is 18.4 Å². The molecule has 0 aliphatic carbocycles. The van der Waals surface area contributed by atoms with Gasteiger partial charge in [-0.15, -0.1) is 0 Å². The zero-order valence-corrected chi connectivity index (χ0v) is 18.3. The molecule has 0 saturated carbocycles. The number of hydrogen-bond donors (Lipinski definition) is 0. The van der Waals surface area contributed by atoms with Gasteiger partial charge in [-0.3, -0.25) is 9.59 Å². The van der Waals surface area contributed by atoms with E-state index in [1.165, 1.54) is 16.7 Å². The SMILES string of the molecule is Cc1ccc(CCC(=O)N2CCCN(C(=O)COc3ccc(C)cc3C)CC2)cc1. The van der Waals surface area contributed by atoms with Gasteiger partial charge >= 0.3 is 0 Å². The van der Waals surface area contributed by atoms with Crippen molar-refractivity contribution in [2.75, 3.05) is 32.8 Å². The highest BCUT2D eigenvalue weighted by atomic mass is 16.5. The maximum atomic E-state index is 12.6. The summed E-state index contributed by atoms with van der Waals surface area (Å²) in [7, 11) is 0. The van der Waals surface area contributed by atoms with E-state index in [1.54, 1.807) is 0 Å². The van der Waals surface area contributed by atoms with Gasteiger partial charge in [-0.1, -0.05) is 47.5 Å². The highest BCUT2D eigenvalue weighted by Gasteiger charge is 2.22. The molecule has 2 aromatic rings. The van der Waals surface area contributed by atoms with Gasteiger partial charge in [-0.25, -0.2) is 0 Å². The Bertz CT molecular complexity index is 876. The third-order valence-corrected chi connectivity index (χ3v) is 5.63. The lowest BCUT2D eigenvalue weighted by Crippen LogP contribution is -2.39. The lowest BCUT2D eigenvalue weighted by atomic mass is 10.1. The molecule has 5 heteroatoms. The molecule has 5 nitrogen and oxygen atoms in total. The van der Waals surface area contributed by atoms with Crippen molar-refractivity contribution in [3.63, 3.8) is 0 Å². The van der Waals surface area contributed by atoms with Crippen LogP contribution in [-0.2, 0) is 16.0 Å². The molecule has 0 atom stereocenters. The van der Waals surface area contributed by atoms with Gasteiger partial charge in [0.15, 0.2) is 6.61 Å². The van der Waals surface area contributed by atoms with Gasteiger partial charge in [0.05, 0.1) is 0 Å². The summed E-state index contributed by atoms with van der Waals surface area (Å²) in [6, 6.07) is 14.3. The van der Waals surface area contributed by atoms with Crippen molar-refractivity contribution >= 4 is 11.8 Å². The fourth-order valence-electron chi connectivity index (χ4n) is 3.77. The predicted octanol–water partition coefficient (Wildman–Crippen LogP) is 3.68. The molecule has 30 heavy (non-hydrogen) atoms. The molecule has 0 N–H and O–H groups in total. The van der Waals surface area contributed by atoms with Crippen LogP contribution in [0.4, 0.5) is 0 Å². The number of carbonyl (C=O) groups excluding carboxylic acids is 2. The molecule has 0 radical (unpaired) electrons. The standard InChI is InChI=1S/C25H32N2O3/c1-19-5-8-22(9-6-19)10-12-24(28)26-13-4-14-27(16-15-26)25(29)18-30-23-11-7-20(2)17-21(23)3/h5-9,11,17H,4,10,12-16,18H2,1-3H3. The number of carbonyl (C=O) groups is 2. The molecular weight excluding hydrogens is 376 g/mol. The van der Waals surface area contributed by atoms with E-state index in [0.717, 1.165) is 24.2 Å². The smallest absolute Gasteiger partial charge is 0.260 e. The van der Waals surface area contributed by atoms with Crippen molar-refractivity contribution in [3.8, 4) is 5.75 Å².